The van der Waals surface area contributed by atoms with Crippen molar-refractivity contribution < 1.29 is 13.3 Å². The first kappa shape index (κ1) is 5.14. The zero-order valence-electron chi connectivity index (χ0n) is 3.71. The summed E-state index contributed by atoms with van der Waals surface area (Å²) in [5, 5.41) is 5.79. The van der Waals surface area contributed by atoms with Crippen molar-refractivity contribution in [1.82, 2.24) is 10.4 Å². The molecule has 0 atom stereocenters. The topological polar surface area (TPSA) is 38.9 Å². The fourth-order valence-corrected chi connectivity index (χ4v) is 0.267. The molecule has 1 aromatic rings. The lowest BCUT2D eigenvalue weighted by Gasteiger charge is -1.82. The molecule has 1 rings (SSSR count). The second-order valence-corrected chi connectivity index (χ2v) is 1.13. The lowest BCUT2D eigenvalue weighted by Crippen LogP contribution is -1.81. The molecule has 0 N–H and O–H groups in total. The van der Waals surface area contributed by atoms with Gasteiger partial charge in [-0.3, -0.25) is 0 Å². The van der Waals surface area contributed by atoms with E-state index in [1.807, 2.05) is 0 Å². The molecular formula is C3H2F2N2O. The minimum atomic E-state index is -2.58. The van der Waals surface area contributed by atoms with Gasteiger partial charge in [-0.2, -0.15) is 0 Å². The highest BCUT2D eigenvalue weighted by Gasteiger charge is 2.09. The monoisotopic (exact) mass is 120 g/mol. The molecule has 1 aromatic heterocycles. The van der Waals surface area contributed by atoms with E-state index in [0.29, 0.717) is 0 Å². The Kier molecular flexibility index (Phi) is 1.19. The molecule has 0 saturated carbocycles. The maximum Gasteiger partial charge on any atom is 0.285 e. The highest BCUT2D eigenvalue weighted by atomic mass is 19.3. The highest BCUT2D eigenvalue weighted by molar-refractivity contribution is 4.88. The average molecular weight is 120 g/mol. The molecule has 0 aromatic carbocycles. The molecule has 8 heavy (non-hydrogen) atoms. The summed E-state index contributed by atoms with van der Waals surface area (Å²) < 4.78 is 26.9. The zero-order valence-corrected chi connectivity index (χ0v) is 3.71. The second kappa shape index (κ2) is 1.85. The minimum Gasteiger partial charge on any atom is -0.345 e. The Hall–Kier alpha value is -1.00. The summed E-state index contributed by atoms with van der Waals surface area (Å²) in [4.78, 5) is 0. The van der Waals surface area contributed by atoms with E-state index in [1.54, 1.807) is 0 Å². The third-order valence-corrected chi connectivity index (χ3v) is 0.600. The van der Waals surface area contributed by atoms with E-state index >= 15 is 0 Å². The van der Waals surface area contributed by atoms with E-state index < -0.39 is 12.1 Å². The molecule has 5 heteroatoms. The van der Waals surface area contributed by atoms with Gasteiger partial charge in [0.15, 0.2) is 12.0 Å². The second-order valence-electron chi connectivity index (χ2n) is 1.13. The first-order valence-corrected chi connectivity index (χ1v) is 1.86. The normalized spacial score (nSPS) is 10.4. The molecule has 0 aliphatic heterocycles. The zero-order chi connectivity index (χ0) is 5.98. The molecule has 0 bridgehead atoms. The summed E-state index contributed by atoms with van der Waals surface area (Å²) in [6.45, 7) is 0. The van der Waals surface area contributed by atoms with E-state index in [-0.39, 0.29) is 0 Å². The third kappa shape index (κ3) is 0.800. The van der Waals surface area contributed by atoms with E-state index in [0.717, 1.165) is 6.26 Å². The minimum absolute atomic E-state index is 0.426. The van der Waals surface area contributed by atoms with Crippen molar-refractivity contribution in [2.75, 3.05) is 0 Å². The fourth-order valence-electron chi connectivity index (χ4n) is 0.267. The Balaban J connectivity index is 2.77. The van der Waals surface area contributed by atoms with Gasteiger partial charge < -0.3 is 4.52 Å². The molecule has 0 radical (unpaired) electrons. The van der Waals surface area contributed by atoms with E-state index in [4.69, 9.17) is 0 Å². The number of nitrogens with zero attached hydrogens (tertiary/aromatic N) is 2. The predicted molar refractivity (Wildman–Crippen MR) is 19.3 cm³/mol. The maximum absolute atomic E-state index is 11.4. The quantitative estimate of drug-likeness (QED) is 0.555. The molecule has 3 nitrogen and oxygen atoms in total. The Bertz CT molecular complexity index is 150. The van der Waals surface area contributed by atoms with Crippen molar-refractivity contribution in [3.63, 3.8) is 0 Å². The molecule has 0 saturated heterocycles. The van der Waals surface area contributed by atoms with Gasteiger partial charge in [-0.25, -0.2) is 8.78 Å². The summed E-state index contributed by atoms with van der Waals surface area (Å²) in [5.74, 6) is 0. The summed E-state index contributed by atoms with van der Waals surface area (Å²) in [6.07, 6.45) is -1.77. The number of rotatable bonds is 1. The van der Waals surface area contributed by atoms with Crippen LogP contribution in [0.5, 0.6) is 0 Å². The van der Waals surface area contributed by atoms with Crippen LogP contribution in [0.4, 0.5) is 8.78 Å². The van der Waals surface area contributed by atoms with Crippen LogP contribution in [0.3, 0.4) is 0 Å². The van der Waals surface area contributed by atoms with Gasteiger partial charge in [0, 0.05) is 5.27 Å². The first-order chi connectivity index (χ1) is 3.80. The van der Waals surface area contributed by atoms with Gasteiger partial charge in [-0.1, -0.05) is 0 Å². The first-order valence-electron chi connectivity index (χ1n) is 1.86. The van der Waals surface area contributed by atoms with Gasteiger partial charge in [-0.15, -0.1) is 5.10 Å². The van der Waals surface area contributed by atoms with E-state index in [1.165, 1.54) is 0 Å². The molecule has 44 valence electrons. The largest absolute Gasteiger partial charge is 0.345 e. The summed E-state index contributed by atoms with van der Waals surface area (Å²) in [7, 11) is 0. The molecule has 0 unspecified atom stereocenters. The fraction of sp³-hybridized carbons (Fsp3) is 0.333. The van der Waals surface area contributed by atoms with Crippen molar-refractivity contribution >= 4 is 0 Å². The molecule has 0 spiro atoms. The summed E-state index contributed by atoms with van der Waals surface area (Å²) in [5.41, 5.74) is -0.426. The smallest absolute Gasteiger partial charge is 0.285 e. The number of hydrogen-bond donors (Lipinski definition) is 0. The third-order valence-electron chi connectivity index (χ3n) is 0.600. The van der Waals surface area contributed by atoms with Crippen LogP contribution in [0.25, 0.3) is 0 Å². The van der Waals surface area contributed by atoms with Gasteiger partial charge in [-0.05, 0) is 0 Å². The Labute approximate surface area is 43.3 Å². The van der Waals surface area contributed by atoms with Crippen LogP contribution in [-0.2, 0) is 0 Å². The van der Waals surface area contributed by atoms with E-state index in [2.05, 4.69) is 14.9 Å². The van der Waals surface area contributed by atoms with Crippen molar-refractivity contribution in [3.8, 4) is 0 Å². The SMILES string of the molecule is FC(F)c1conn1. The van der Waals surface area contributed by atoms with Crippen LogP contribution in [0.15, 0.2) is 10.8 Å². The van der Waals surface area contributed by atoms with Crippen molar-refractivity contribution in [3.05, 3.63) is 12.0 Å². The van der Waals surface area contributed by atoms with Crippen LogP contribution in [0.2, 0.25) is 0 Å². The summed E-state index contributed by atoms with van der Waals surface area (Å²) >= 11 is 0. The molecule has 0 aliphatic carbocycles. The lowest BCUT2D eigenvalue weighted by molar-refractivity contribution is 0.145. The molecule has 0 amide bonds. The predicted octanol–water partition coefficient (Wildman–Crippen LogP) is 1.01. The number of alkyl halides is 2. The molecule has 0 fully saturated rings. The van der Waals surface area contributed by atoms with Crippen molar-refractivity contribution in [2.45, 2.75) is 6.43 Å². The van der Waals surface area contributed by atoms with Crippen molar-refractivity contribution in [1.29, 1.82) is 0 Å². The maximum atomic E-state index is 11.4. The standard InChI is InChI=1S/C3H2F2N2O/c4-3(5)2-1-8-7-6-2/h1,3H. The Morgan fingerprint density at radius 2 is 2.38 bits per heavy atom. The van der Waals surface area contributed by atoms with Crippen LogP contribution >= 0.6 is 0 Å². The van der Waals surface area contributed by atoms with Gasteiger partial charge in [0.1, 0.15) is 0 Å². The van der Waals surface area contributed by atoms with E-state index in [9.17, 15) is 8.78 Å². The van der Waals surface area contributed by atoms with Crippen LogP contribution in [-0.4, -0.2) is 10.4 Å². The Morgan fingerprint density at radius 3 is 2.62 bits per heavy atom. The Morgan fingerprint density at radius 1 is 1.62 bits per heavy atom. The molecular weight excluding hydrogens is 118 g/mol. The highest BCUT2D eigenvalue weighted by Crippen LogP contribution is 2.13. The van der Waals surface area contributed by atoms with Gasteiger partial charge in [0.25, 0.3) is 6.43 Å². The summed E-state index contributed by atoms with van der Waals surface area (Å²) in [6, 6.07) is 0. The number of hydrogen-bond acceptors (Lipinski definition) is 3. The van der Waals surface area contributed by atoms with Crippen molar-refractivity contribution in [2.24, 2.45) is 0 Å². The molecule has 0 aliphatic rings. The van der Waals surface area contributed by atoms with Gasteiger partial charge >= 0.3 is 0 Å². The number of halogens is 2. The van der Waals surface area contributed by atoms with Crippen LogP contribution in [0, 0.1) is 0 Å². The number of aromatic nitrogens is 2. The molecule has 1 heterocycles. The lowest BCUT2D eigenvalue weighted by atomic mass is 10.5. The van der Waals surface area contributed by atoms with Crippen LogP contribution < -0.4 is 0 Å². The average Bonchev–Trinajstić information content (AvgIpc) is 2.12. The van der Waals surface area contributed by atoms with Crippen LogP contribution in [0.1, 0.15) is 12.1 Å². The van der Waals surface area contributed by atoms with Gasteiger partial charge in [0.05, 0.1) is 0 Å². The van der Waals surface area contributed by atoms with Gasteiger partial charge in [0.2, 0.25) is 0 Å².